The molecular weight excluding hydrogens is 280 g/mol. The van der Waals surface area contributed by atoms with E-state index in [9.17, 15) is 0 Å². The molecule has 17 heavy (non-hydrogen) atoms. The maximum Gasteiger partial charge on any atom is 0.0575 e. The summed E-state index contributed by atoms with van der Waals surface area (Å²) in [4.78, 5) is 2.23. The van der Waals surface area contributed by atoms with Crippen LogP contribution < -0.4 is 5.73 Å². The van der Waals surface area contributed by atoms with E-state index in [0.29, 0.717) is 12.6 Å². The number of ether oxygens (including phenoxy) is 1. The van der Waals surface area contributed by atoms with E-state index in [1.54, 1.807) is 0 Å². The molecule has 1 aromatic carbocycles. The molecule has 0 saturated carbocycles. The van der Waals surface area contributed by atoms with Gasteiger partial charge in [0.1, 0.15) is 0 Å². The molecule has 2 N–H and O–H groups in total. The molecule has 1 aliphatic heterocycles. The van der Waals surface area contributed by atoms with Crippen molar-refractivity contribution in [2.45, 2.75) is 6.04 Å². The molecule has 94 valence electrons. The molecule has 0 bridgehead atoms. The van der Waals surface area contributed by atoms with Gasteiger partial charge in [0, 0.05) is 22.5 Å². The van der Waals surface area contributed by atoms with Crippen molar-refractivity contribution in [1.29, 1.82) is 0 Å². The van der Waals surface area contributed by atoms with E-state index < -0.39 is 0 Å². The molecule has 1 atom stereocenters. The van der Waals surface area contributed by atoms with Crippen molar-refractivity contribution in [3.8, 4) is 0 Å². The first-order chi connectivity index (χ1) is 8.09. The Morgan fingerprint density at radius 3 is 2.29 bits per heavy atom. The molecule has 1 heterocycles. The first-order valence-electron chi connectivity index (χ1n) is 5.79. The van der Waals surface area contributed by atoms with Gasteiger partial charge in [-0.1, -0.05) is 28.1 Å². The number of nitrogens with zero attached hydrogens (tertiary/aromatic N) is 1. The van der Waals surface area contributed by atoms with Crippen molar-refractivity contribution in [1.82, 2.24) is 4.90 Å². The lowest BCUT2D eigenvalue weighted by molar-refractivity contribution is -0.145. The summed E-state index contributed by atoms with van der Waals surface area (Å²) in [6.45, 7) is 2.16. The van der Waals surface area contributed by atoms with Crippen LogP contribution in [0.3, 0.4) is 0 Å². The fourth-order valence-corrected chi connectivity index (χ4v) is 2.86. The van der Waals surface area contributed by atoms with Gasteiger partial charge < -0.3 is 15.4 Å². The fraction of sp³-hybridized carbons (Fsp3) is 0.538. The summed E-state index contributed by atoms with van der Waals surface area (Å²) in [5, 5.41) is 0. The summed E-state index contributed by atoms with van der Waals surface area (Å²) in [6, 6.07) is 8.79. The predicted octanol–water partition coefficient (Wildman–Crippen LogP) is 2.03. The van der Waals surface area contributed by atoms with Crippen LogP contribution in [0.1, 0.15) is 11.6 Å². The molecule has 0 aromatic heterocycles. The molecule has 1 aliphatic rings. The Bertz CT molecular complexity index is 368. The van der Waals surface area contributed by atoms with Crippen molar-refractivity contribution >= 4 is 15.9 Å². The third-order valence-corrected chi connectivity index (χ3v) is 4.00. The molecule has 0 aliphatic carbocycles. The standard InChI is InChI=1S/C13H19BrN2O/c1-16(2)12(13(7-15)8-17-9-13)10-3-5-11(14)6-4-10/h3-6,12H,7-9,15H2,1-2H3. The first-order valence-corrected chi connectivity index (χ1v) is 6.58. The van der Waals surface area contributed by atoms with Gasteiger partial charge in [-0.15, -0.1) is 0 Å². The lowest BCUT2D eigenvalue weighted by Crippen LogP contribution is -2.55. The highest BCUT2D eigenvalue weighted by Crippen LogP contribution is 2.42. The molecule has 1 aromatic rings. The summed E-state index contributed by atoms with van der Waals surface area (Å²) < 4.78 is 6.49. The van der Waals surface area contributed by atoms with Crippen LogP contribution in [0.5, 0.6) is 0 Å². The monoisotopic (exact) mass is 298 g/mol. The van der Waals surface area contributed by atoms with Gasteiger partial charge >= 0.3 is 0 Å². The quantitative estimate of drug-likeness (QED) is 0.924. The molecular formula is C13H19BrN2O. The molecule has 2 rings (SSSR count). The second-order valence-corrected chi connectivity index (χ2v) is 5.89. The van der Waals surface area contributed by atoms with Crippen molar-refractivity contribution in [2.75, 3.05) is 33.9 Å². The molecule has 1 saturated heterocycles. The summed E-state index contributed by atoms with van der Waals surface area (Å²) in [6.07, 6.45) is 0. The zero-order valence-corrected chi connectivity index (χ0v) is 11.9. The predicted molar refractivity (Wildman–Crippen MR) is 72.9 cm³/mol. The zero-order chi connectivity index (χ0) is 12.5. The fourth-order valence-electron chi connectivity index (χ4n) is 2.60. The lowest BCUT2D eigenvalue weighted by Gasteiger charge is -2.49. The van der Waals surface area contributed by atoms with E-state index in [2.05, 4.69) is 59.2 Å². The maximum atomic E-state index is 5.96. The van der Waals surface area contributed by atoms with E-state index >= 15 is 0 Å². The lowest BCUT2D eigenvalue weighted by atomic mass is 9.74. The number of benzene rings is 1. The molecule has 3 nitrogen and oxygen atoms in total. The number of nitrogens with two attached hydrogens (primary N) is 1. The van der Waals surface area contributed by atoms with Gasteiger partial charge in [-0.2, -0.15) is 0 Å². The second kappa shape index (κ2) is 5.06. The molecule has 0 radical (unpaired) electrons. The van der Waals surface area contributed by atoms with Crippen LogP contribution in [0.4, 0.5) is 0 Å². The SMILES string of the molecule is CN(C)C(c1ccc(Br)cc1)C1(CN)COC1. The Labute approximate surface area is 111 Å². The Morgan fingerprint density at radius 1 is 1.35 bits per heavy atom. The second-order valence-electron chi connectivity index (χ2n) is 4.98. The van der Waals surface area contributed by atoms with E-state index in [4.69, 9.17) is 10.5 Å². The summed E-state index contributed by atoms with van der Waals surface area (Å²) in [7, 11) is 4.20. The van der Waals surface area contributed by atoms with E-state index in [1.807, 2.05) is 0 Å². The molecule has 1 fully saturated rings. The number of rotatable bonds is 4. The Hall–Kier alpha value is -0.420. The van der Waals surface area contributed by atoms with E-state index in [-0.39, 0.29) is 5.41 Å². The number of halogens is 1. The van der Waals surface area contributed by atoms with Crippen LogP contribution in [0.25, 0.3) is 0 Å². The number of hydrogen-bond acceptors (Lipinski definition) is 3. The van der Waals surface area contributed by atoms with Gasteiger partial charge in [0.15, 0.2) is 0 Å². The van der Waals surface area contributed by atoms with Crippen molar-refractivity contribution in [2.24, 2.45) is 11.1 Å². The largest absolute Gasteiger partial charge is 0.380 e. The normalized spacial score (nSPS) is 20.1. The Morgan fingerprint density at radius 2 is 1.94 bits per heavy atom. The van der Waals surface area contributed by atoms with Gasteiger partial charge in [0.05, 0.1) is 13.2 Å². The minimum absolute atomic E-state index is 0.0668. The van der Waals surface area contributed by atoms with Crippen molar-refractivity contribution in [3.63, 3.8) is 0 Å². The molecule has 4 heteroatoms. The van der Waals surface area contributed by atoms with Gasteiger partial charge in [-0.05, 0) is 31.8 Å². The molecule has 0 spiro atoms. The van der Waals surface area contributed by atoms with Crippen LogP contribution >= 0.6 is 15.9 Å². The van der Waals surface area contributed by atoms with Crippen LogP contribution in [0.2, 0.25) is 0 Å². The molecule has 1 unspecified atom stereocenters. The van der Waals surface area contributed by atoms with Gasteiger partial charge in [-0.3, -0.25) is 0 Å². The average molecular weight is 299 g/mol. The summed E-state index contributed by atoms with van der Waals surface area (Å²) >= 11 is 3.47. The van der Waals surface area contributed by atoms with Gasteiger partial charge in [0.2, 0.25) is 0 Å². The average Bonchev–Trinajstić information content (AvgIpc) is 2.24. The van der Waals surface area contributed by atoms with Crippen LogP contribution in [-0.4, -0.2) is 38.8 Å². The maximum absolute atomic E-state index is 5.96. The topological polar surface area (TPSA) is 38.5 Å². The Kier molecular flexibility index (Phi) is 3.88. The van der Waals surface area contributed by atoms with Crippen molar-refractivity contribution < 1.29 is 4.74 Å². The minimum atomic E-state index is 0.0668. The van der Waals surface area contributed by atoms with Gasteiger partial charge in [-0.25, -0.2) is 0 Å². The van der Waals surface area contributed by atoms with Crippen molar-refractivity contribution in [3.05, 3.63) is 34.3 Å². The van der Waals surface area contributed by atoms with E-state index in [0.717, 1.165) is 17.7 Å². The van der Waals surface area contributed by atoms with E-state index in [1.165, 1.54) is 5.56 Å². The minimum Gasteiger partial charge on any atom is -0.380 e. The third-order valence-electron chi connectivity index (χ3n) is 3.47. The van der Waals surface area contributed by atoms with Gasteiger partial charge in [0.25, 0.3) is 0 Å². The van der Waals surface area contributed by atoms with Crippen LogP contribution in [-0.2, 0) is 4.74 Å². The highest BCUT2D eigenvalue weighted by molar-refractivity contribution is 9.10. The smallest absolute Gasteiger partial charge is 0.0575 e. The molecule has 0 amide bonds. The number of hydrogen-bond donors (Lipinski definition) is 1. The highest BCUT2D eigenvalue weighted by Gasteiger charge is 2.46. The zero-order valence-electron chi connectivity index (χ0n) is 10.3. The summed E-state index contributed by atoms with van der Waals surface area (Å²) in [5.41, 5.74) is 7.32. The summed E-state index contributed by atoms with van der Waals surface area (Å²) in [5.74, 6) is 0. The Balaban J connectivity index is 2.32. The third kappa shape index (κ3) is 2.40. The highest BCUT2D eigenvalue weighted by atomic mass is 79.9. The van der Waals surface area contributed by atoms with Crippen LogP contribution in [0, 0.1) is 5.41 Å². The van der Waals surface area contributed by atoms with Crippen LogP contribution in [0.15, 0.2) is 28.7 Å². The first kappa shape index (κ1) is 13.0.